The summed E-state index contributed by atoms with van der Waals surface area (Å²) in [5.74, 6) is -1.35. The molecule has 0 spiro atoms. The molecule has 1 saturated heterocycles. The predicted octanol–water partition coefficient (Wildman–Crippen LogP) is 1.20. The standard InChI is InChI=1S/C18H22ClN3O4/c19-12-7-3-2-6-11(12)14-15(26-10-13(23)21-14)16(24)22-18(17(20)25)8-4-1-5-9-18/h2-3,6-7,14-15H,1,4-5,8-10H2,(H2,20,25)(H,21,23)(H,22,24)/t14-,15+/m1/s1. The van der Waals surface area contributed by atoms with E-state index in [0.29, 0.717) is 23.4 Å². The Labute approximate surface area is 156 Å². The van der Waals surface area contributed by atoms with Crippen molar-refractivity contribution in [1.29, 1.82) is 0 Å². The Morgan fingerprint density at radius 1 is 1.23 bits per heavy atom. The maximum Gasteiger partial charge on any atom is 0.252 e. The Bertz CT molecular complexity index is 718. The number of nitrogens with one attached hydrogen (secondary N) is 2. The van der Waals surface area contributed by atoms with Crippen molar-refractivity contribution in [3.8, 4) is 0 Å². The molecule has 26 heavy (non-hydrogen) atoms. The van der Waals surface area contributed by atoms with Gasteiger partial charge in [0.15, 0.2) is 6.10 Å². The number of nitrogens with two attached hydrogens (primary N) is 1. The minimum absolute atomic E-state index is 0.234. The lowest BCUT2D eigenvalue weighted by atomic mass is 9.80. The first-order valence-electron chi connectivity index (χ1n) is 8.70. The lowest BCUT2D eigenvalue weighted by Gasteiger charge is -2.38. The number of carbonyl (C=O) groups excluding carboxylic acids is 3. The number of amides is 3. The summed E-state index contributed by atoms with van der Waals surface area (Å²) in [6, 6.07) is 6.20. The Hall–Kier alpha value is -2.12. The summed E-state index contributed by atoms with van der Waals surface area (Å²) in [5, 5.41) is 5.98. The maximum atomic E-state index is 12.9. The van der Waals surface area contributed by atoms with Gasteiger partial charge in [-0.25, -0.2) is 0 Å². The summed E-state index contributed by atoms with van der Waals surface area (Å²) < 4.78 is 5.51. The third kappa shape index (κ3) is 3.68. The lowest BCUT2D eigenvalue weighted by molar-refractivity contribution is -0.151. The normalized spacial score (nSPS) is 25.2. The van der Waals surface area contributed by atoms with E-state index in [1.807, 2.05) is 0 Å². The van der Waals surface area contributed by atoms with Crippen LogP contribution in [0.15, 0.2) is 24.3 Å². The topological polar surface area (TPSA) is 111 Å². The molecule has 8 heteroatoms. The highest BCUT2D eigenvalue weighted by molar-refractivity contribution is 6.31. The van der Waals surface area contributed by atoms with E-state index >= 15 is 0 Å². The van der Waals surface area contributed by atoms with Gasteiger partial charge in [-0.2, -0.15) is 0 Å². The number of ether oxygens (including phenoxy) is 1. The largest absolute Gasteiger partial charge is 0.368 e. The molecule has 3 rings (SSSR count). The van der Waals surface area contributed by atoms with Crippen LogP contribution >= 0.6 is 11.6 Å². The molecule has 2 atom stereocenters. The number of primary amides is 1. The van der Waals surface area contributed by atoms with Gasteiger partial charge in [0, 0.05) is 5.02 Å². The molecule has 1 aliphatic heterocycles. The van der Waals surface area contributed by atoms with Gasteiger partial charge >= 0.3 is 0 Å². The van der Waals surface area contributed by atoms with Crippen molar-refractivity contribution in [2.24, 2.45) is 5.73 Å². The zero-order chi connectivity index (χ0) is 18.7. The van der Waals surface area contributed by atoms with Gasteiger partial charge in [0.05, 0.1) is 6.04 Å². The third-order valence-corrected chi connectivity index (χ3v) is 5.40. The average Bonchev–Trinajstić information content (AvgIpc) is 2.62. The van der Waals surface area contributed by atoms with Crippen LogP contribution in [-0.2, 0) is 19.1 Å². The fourth-order valence-electron chi connectivity index (χ4n) is 3.64. The van der Waals surface area contributed by atoms with Crippen molar-refractivity contribution >= 4 is 29.3 Å². The highest BCUT2D eigenvalue weighted by atomic mass is 35.5. The molecule has 7 nitrogen and oxygen atoms in total. The van der Waals surface area contributed by atoms with Crippen molar-refractivity contribution in [3.05, 3.63) is 34.9 Å². The highest BCUT2D eigenvalue weighted by Gasteiger charge is 2.44. The number of hydrogen-bond acceptors (Lipinski definition) is 4. The molecule has 2 aliphatic rings. The quantitative estimate of drug-likeness (QED) is 0.729. The monoisotopic (exact) mass is 379 g/mol. The van der Waals surface area contributed by atoms with Crippen molar-refractivity contribution in [1.82, 2.24) is 10.6 Å². The second-order valence-corrected chi connectivity index (χ2v) is 7.20. The van der Waals surface area contributed by atoms with Crippen molar-refractivity contribution in [2.45, 2.75) is 49.8 Å². The van der Waals surface area contributed by atoms with Crippen molar-refractivity contribution < 1.29 is 19.1 Å². The van der Waals surface area contributed by atoms with E-state index in [1.165, 1.54) is 0 Å². The molecule has 1 saturated carbocycles. The van der Waals surface area contributed by atoms with Crippen LogP contribution in [0, 0.1) is 0 Å². The van der Waals surface area contributed by atoms with Crippen LogP contribution in [0.3, 0.4) is 0 Å². The summed E-state index contributed by atoms with van der Waals surface area (Å²) in [5.41, 5.74) is 5.10. The molecule has 140 valence electrons. The summed E-state index contributed by atoms with van der Waals surface area (Å²) in [6.07, 6.45) is 2.65. The van der Waals surface area contributed by atoms with E-state index in [9.17, 15) is 14.4 Å². The van der Waals surface area contributed by atoms with Gasteiger partial charge < -0.3 is 21.1 Å². The van der Waals surface area contributed by atoms with Gasteiger partial charge in [0.2, 0.25) is 11.8 Å². The van der Waals surface area contributed by atoms with E-state index in [4.69, 9.17) is 22.1 Å². The minimum atomic E-state index is -1.06. The molecule has 0 radical (unpaired) electrons. The molecule has 1 aromatic rings. The zero-order valence-corrected chi connectivity index (χ0v) is 15.1. The molecule has 1 heterocycles. The number of hydrogen-bond donors (Lipinski definition) is 3. The second-order valence-electron chi connectivity index (χ2n) is 6.79. The number of benzene rings is 1. The van der Waals surface area contributed by atoms with Crippen LogP contribution in [-0.4, -0.2) is 36.0 Å². The number of morpholine rings is 1. The fourth-order valence-corrected chi connectivity index (χ4v) is 3.90. The molecule has 1 aromatic carbocycles. The lowest BCUT2D eigenvalue weighted by Crippen LogP contribution is -2.62. The van der Waals surface area contributed by atoms with Gasteiger partial charge in [-0.3, -0.25) is 14.4 Å². The molecule has 0 bridgehead atoms. The molecule has 1 aliphatic carbocycles. The SMILES string of the molecule is NC(=O)C1(NC(=O)[C@H]2OCC(=O)N[C@@H]2c2ccccc2Cl)CCCCC1. The summed E-state index contributed by atoms with van der Waals surface area (Å²) >= 11 is 6.23. The zero-order valence-electron chi connectivity index (χ0n) is 14.3. The van der Waals surface area contributed by atoms with E-state index in [0.717, 1.165) is 19.3 Å². The Morgan fingerprint density at radius 2 is 1.92 bits per heavy atom. The first kappa shape index (κ1) is 18.7. The number of rotatable bonds is 4. The average molecular weight is 380 g/mol. The summed E-state index contributed by atoms with van der Waals surface area (Å²) in [4.78, 5) is 36.8. The van der Waals surface area contributed by atoms with E-state index < -0.39 is 29.5 Å². The van der Waals surface area contributed by atoms with Crippen molar-refractivity contribution in [3.63, 3.8) is 0 Å². The smallest absolute Gasteiger partial charge is 0.252 e. The Morgan fingerprint density at radius 3 is 2.58 bits per heavy atom. The van der Waals surface area contributed by atoms with Crippen LogP contribution in [0.5, 0.6) is 0 Å². The number of halogens is 1. The summed E-state index contributed by atoms with van der Waals surface area (Å²) in [7, 11) is 0. The fraction of sp³-hybridized carbons (Fsp3) is 0.500. The molecule has 2 fully saturated rings. The van der Waals surface area contributed by atoms with Crippen LogP contribution in [0.2, 0.25) is 5.02 Å². The van der Waals surface area contributed by atoms with Gasteiger partial charge in [-0.15, -0.1) is 0 Å². The van der Waals surface area contributed by atoms with Crippen LogP contribution in [0.4, 0.5) is 0 Å². The first-order valence-corrected chi connectivity index (χ1v) is 9.08. The van der Waals surface area contributed by atoms with E-state index in [-0.39, 0.29) is 12.5 Å². The Kier molecular flexibility index (Phi) is 5.48. The molecule has 3 amide bonds. The molecular formula is C18H22ClN3O4. The van der Waals surface area contributed by atoms with E-state index in [2.05, 4.69) is 10.6 Å². The molecule has 4 N–H and O–H groups in total. The van der Waals surface area contributed by atoms with Crippen LogP contribution < -0.4 is 16.4 Å². The molecule has 0 unspecified atom stereocenters. The maximum absolute atomic E-state index is 12.9. The first-order chi connectivity index (χ1) is 12.4. The minimum Gasteiger partial charge on any atom is -0.368 e. The molecule has 0 aromatic heterocycles. The molecular weight excluding hydrogens is 358 g/mol. The predicted molar refractivity (Wildman–Crippen MR) is 95.2 cm³/mol. The number of carbonyl (C=O) groups is 3. The third-order valence-electron chi connectivity index (χ3n) is 5.05. The van der Waals surface area contributed by atoms with Gasteiger partial charge in [0.1, 0.15) is 12.1 Å². The summed E-state index contributed by atoms with van der Waals surface area (Å²) in [6.45, 7) is -0.234. The van der Waals surface area contributed by atoms with Crippen LogP contribution in [0.1, 0.15) is 43.7 Å². The second kappa shape index (κ2) is 7.63. The van der Waals surface area contributed by atoms with E-state index in [1.54, 1.807) is 24.3 Å². The van der Waals surface area contributed by atoms with Gasteiger partial charge in [-0.05, 0) is 24.5 Å². The van der Waals surface area contributed by atoms with Gasteiger partial charge in [-0.1, -0.05) is 49.1 Å². The Balaban J connectivity index is 1.85. The van der Waals surface area contributed by atoms with Gasteiger partial charge in [0.25, 0.3) is 5.91 Å². The van der Waals surface area contributed by atoms with Crippen LogP contribution in [0.25, 0.3) is 0 Å². The highest BCUT2D eigenvalue weighted by Crippen LogP contribution is 2.31. The van der Waals surface area contributed by atoms with Crippen molar-refractivity contribution in [2.75, 3.05) is 6.61 Å².